The van der Waals surface area contributed by atoms with Crippen LogP contribution in [0.15, 0.2) is 176 Å². The molecule has 0 saturated carbocycles. The molecule has 0 amide bonds. The van der Waals surface area contributed by atoms with Crippen LogP contribution in [0, 0.1) is 0 Å². The van der Waals surface area contributed by atoms with Crippen LogP contribution in [0.1, 0.15) is 22.3 Å². The van der Waals surface area contributed by atoms with Crippen LogP contribution in [0.2, 0.25) is 0 Å². The zero-order chi connectivity index (χ0) is 34.7. The summed E-state index contributed by atoms with van der Waals surface area (Å²) in [4.78, 5) is 2.30. The third-order valence-electron chi connectivity index (χ3n) is 11.3. The average Bonchev–Trinajstić information content (AvgIpc) is 3.83. The van der Waals surface area contributed by atoms with Crippen LogP contribution in [0.5, 0.6) is 23.0 Å². The van der Waals surface area contributed by atoms with Crippen LogP contribution in [0.25, 0.3) is 42.4 Å². The summed E-state index contributed by atoms with van der Waals surface area (Å²) in [6, 6.07) is 63.2. The summed E-state index contributed by atoms with van der Waals surface area (Å²) in [5, 5.41) is 2.54. The van der Waals surface area contributed by atoms with Crippen molar-refractivity contribution < 1.29 is 9.47 Å². The predicted octanol–water partition coefficient (Wildman–Crippen LogP) is 13.8. The normalized spacial score (nSPS) is 13.7. The minimum absolute atomic E-state index is 0.450. The van der Waals surface area contributed by atoms with Crippen molar-refractivity contribution in [3.8, 4) is 45.3 Å². The first-order chi connectivity index (χ1) is 26.3. The Morgan fingerprint density at radius 1 is 0.358 bits per heavy atom. The maximum absolute atomic E-state index is 6.91. The fourth-order valence-electron chi connectivity index (χ4n) is 9.17. The van der Waals surface area contributed by atoms with Gasteiger partial charge in [0.1, 0.15) is 0 Å². The van der Waals surface area contributed by atoms with Gasteiger partial charge in [0.25, 0.3) is 0 Å². The average molecular weight is 696 g/mol. The van der Waals surface area contributed by atoms with Gasteiger partial charge in [-0.15, -0.1) is 11.3 Å². The number of hydrogen-bond acceptors (Lipinski definition) is 4. The molecule has 4 heteroatoms. The fraction of sp³-hybridized carbons (Fsp3) is 0.0204. The first-order valence-corrected chi connectivity index (χ1v) is 18.8. The Balaban J connectivity index is 1.01. The highest BCUT2D eigenvalue weighted by Crippen LogP contribution is 2.64. The summed E-state index contributed by atoms with van der Waals surface area (Å²) in [6.07, 6.45) is 0. The summed E-state index contributed by atoms with van der Waals surface area (Å²) in [7, 11) is 0. The monoisotopic (exact) mass is 695 g/mol. The van der Waals surface area contributed by atoms with Crippen molar-refractivity contribution in [3.05, 3.63) is 198 Å². The van der Waals surface area contributed by atoms with Crippen LogP contribution in [0.4, 0.5) is 17.1 Å². The Bertz CT molecular complexity index is 2930. The van der Waals surface area contributed by atoms with Gasteiger partial charge in [-0.05, 0) is 105 Å². The minimum Gasteiger partial charge on any atom is -0.449 e. The van der Waals surface area contributed by atoms with Crippen molar-refractivity contribution in [2.45, 2.75) is 5.41 Å². The molecule has 0 atom stereocenters. The van der Waals surface area contributed by atoms with Crippen LogP contribution in [0.3, 0.4) is 0 Å². The van der Waals surface area contributed by atoms with Crippen LogP contribution in [-0.2, 0) is 5.41 Å². The highest BCUT2D eigenvalue weighted by atomic mass is 32.1. The van der Waals surface area contributed by atoms with Crippen LogP contribution < -0.4 is 14.4 Å². The lowest BCUT2D eigenvalue weighted by molar-refractivity contribution is 0.359. The molecule has 12 rings (SSSR count). The molecule has 0 saturated heterocycles. The van der Waals surface area contributed by atoms with Gasteiger partial charge in [-0.3, -0.25) is 0 Å². The SMILES string of the molecule is c1ccc(N(c2ccc3c(c2)Oc2cc4c(cc2O3)-c2ccccc2C42c3ccccc3-c3ccccc32)c2ccc3sc4ccccc4c3c2)cc1. The second-order valence-corrected chi connectivity index (χ2v) is 15.1. The number of hydrogen-bond donors (Lipinski definition) is 0. The van der Waals surface area contributed by atoms with E-state index in [-0.39, 0.29) is 0 Å². The Kier molecular flexibility index (Phi) is 5.86. The number of thiophene rings is 1. The van der Waals surface area contributed by atoms with E-state index in [0.29, 0.717) is 11.5 Å². The topological polar surface area (TPSA) is 21.7 Å². The molecular formula is C49H29NO2S. The molecule has 0 fully saturated rings. The number of para-hydroxylation sites is 1. The highest BCUT2D eigenvalue weighted by molar-refractivity contribution is 7.25. The van der Waals surface area contributed by atoms with Crippen molar-refractivity contribution in [1.82, 2.24) is 0 Å². The Hall–Kier alpha value is -6.62. The molecule has 0 radical (unpaired) electrons. The molecule has 0 unspecified atom stereocenters. The van der Waals surface area contributed by atoms with Crippen LogP contribution in [-0.4, -0.2) is 0 Å². The van der Waals surface area contributed by atoms with Gasteiger partial charge >= 0.3 is 0 Å². The molecule has 53 heavy (non-hydrogen) atoms. The van der Waals surface area contributed by atoms with Crippen molar-refractivity contribution in [2.24, 2.45) is 0 Å². The zero-order valence-electron chi connectivity index (χ0n) is 28.4. The molecule has 0 N–H and O–H groups in total. The minimum atomic E-state index is -0.450. The van der Waals surface area contributed by atoms with Crippen molar-refractivity contribution >= 4 is 48.6 Å². The number of fused-ring (bicyclic) bond motifs is 15. The Labute approximate surface area is 310 Å². The summed E-state index contributed by atoms with van der Waals surface area (Å²) in [6.45, 7) is 0. The molecule has 1 aromatic heterocycles. The van der Waals surface area contributed by atoms with Crippen molar-refractivity contribution in [1.29, 1.82) is 0 Å². The lowest BCUT2D eigenvalue weighted by atomic mass is 9.70. The summed E-state index contributed by atoms with van der Waals surface area (Å²) >= 11 is 1.83. The largest absolute Gasteiger partial charge is 0.449 e. The zero-order valence-corrected chi connectivity index (χ0v) is 29.2. The maximum Gasteiger partial charge on any atom is 0.172 e. The predicted molar refractivity (Wildman–Crippen MR) is 217 cm³/mol. The maximum atomic E-state index is 6.91. The third-order valence-corrected chi connectivity index (χ3v) is 12.5. The lowest BCUT2D eigenvalue weighted by Gasteiger charge is -2.31. The van der Waals surface area contributed by atoms with E-state index in [2.05, 4.69) is 175 Å². The van der Waals surface area contributed by atoms with E-state index < -0.39 is 5.41 Å². The second kappa shape index (κ2) is 10.7. The smallest absolute Gasteiger partial charge is 0.172 e. The molecule has 2 aliphatic carbocycles. The molecule has 3 aliphatic rings. The van der Waals surface area contributed by atoms with E-state index in [1.54, 1.807) is 0 Å². The molecule has 9 aromatic rings. The van der Waals surface area contributed by atoms with E-state index in [1.807, 2.05) is 17.4 Å². The number of rotatable bonds is 3. The van der Waals surface area contributed by atoms with Gasteiger partial charge in [0.2, 0.25) is 0 Å². The summed E-state index contributed by atoms with van der Waals surface area (Å²) in [5.41, 5.74) is 12.8. The van der Waals surface area contributed by atoms with Gasteiger partial charge in [-0.1, -0.05) is 109 Å². The van der Waals surface area contributed by atoms with Gasteiger partial charge in [0.15, 0.2) is 23.0 Å². The number of anilines is 3. The number of benzene rings is 8. The number of nitrogens with zero attached hydrogens (tertiary/aromatic N) is 1. The van der Waals surface area contributed by atoms with E-state index in [1.165, 1.54) is 64.7 Å². The highest BCUT2D eigenvalue weighted by Gasteiger charge is 2.52. The van der Waals surface area contributed by atoms with E-state index in [0.717, 1.165) is 28.6 Å². The Morgan fingerprint density at radius 3 is 1.66 bits per heavy atom. The molecule has 248 valence electrons. The summed E-state index contributed by atoms with van der Waals surface area (Å²) < 4.78 is 16.2. The van der Waals surface area contributed by atoms with E-state index in [9.17, 15) is 0 Å². The summed E-state index contributed by atoms with van der Waals surface area (Å²) in [5.74, 6) is 2.84. The van der Waals surface area contributed by atoms with Crippen molar-refractivity contribution in [2.75, 3.05) is 4.90 Å². The second-order valence-electron chi connectivity index (χ2n) is 14.0. The molecule has 2 heterocycles. The molecular weight excluding hydrogens is 667 g/mol. The molecule has 8 aromatic carbocycles. The molecule has 1 aliphatic heterocycles. The third kappa shape index (κ3) is 3.93. The van der Waals surface area contributed by atoms with Gasteiger partial charge in [0, 0.05) is 37.6 Å². The molecule has 1 spiro atoms. The molecule has 3 nitrogen and oxygen atoms in total. The van der Waals surface area contributed by atoms with E-state index in [4.69, 9.17) is 9.47 Å². The van der Waals surface area contributed by atoms with E-state index >= 15 is 0 Å². The first kappa shape index (κ1) is 29.0. The van der Waals surface area contributed by atoms with Gasteiger partial charge in [-0.2, -0.15) is 0 Å². The van der Waals surface area contributed by atoms with Gasteiger partial charge < -0.3 is 14.4 Å². The quantitative estimate of drug-likeness (QED) is 0.184. The van der Waals surface area contributed by atoms with Crippen LogP contribution >= 0.6 is 11.3 Å². The van der Waals surface area contributed by atoms with Crippen molar-refractivity contribution in [3.63, 3.8) is 0 Å². The Morgan fingerprint density at radius 2 is 0.906 bits per heavy atom. The standard InChI is InChI=1S/C49H29NO2S/c1-2-12-30(13-3-1)50(31-23-25-48-38(26-31)36-17-7-11-21-47(36)53-48)32-22-24-43-44(27-32)52-46-29-42-37(28-45(46)51-43)35-16-6-10-20-41(35)49(42)39-18-8-4-14-33(39)34-15-5-9-19-40(34)49/h1-29H. The number of ether oxygens (including phenoxy) is 2. The fourth-order valence-corrected chi connectivity index (χ4v) is 10.3. The van der Waals surface area contributed by atoms with Gasteiger partial charge in [-0.25, -0.2) is 0 Å². The molecule has 0 bridgehead atoms. The lowest BCUT2D eigenvalue weighted by Crippen LogP contribution is -2.25. The first-order valence-electron chi connectivity index (χ1n) is 18.0. The van der Waals surface area contributed by atoms with Gasteiger partial charge in [0.05, 0.1) is 11.1 Å².